The number of benzene rings is 1. The third-order valence-electron chi connectivity index (χ3n) is 3.56. The molecule has 21 heavy (non-hydrogen) atoms. The second kappa shape index (κ2) is 5.35. The maximum absolute atomic E-state index is 12.2. The first-order valence-corrected chi connectivity index (χ1v) is 9.08. The summed E-state index contributed by atoms with van der Waals surface area (Å²) in [4.78, 5) is 12.2. The van der Waals surface area contributed by atoms with E-state index in [-0.39, 0.29) is 5.75 Å². The number of thioether (sulfide) groups is 1. The van der Waals surface area contributed by atoms with Gasteiger partial charge in [0, 0.05) is 5.57 Å². The summed E-state index contributed by atoms with van der Waals surface area (Å²) >= 11 is 1.19. The van der Waals surface area contributed by atoms with Crippen LogP contribution in [0.4, 0.5) is 0 Å². The molecule has 1 unspecified atom stereocenters. The van der Waals surface area contributed by atoms with Crippen LogP contribution in [0.1, 0.15) is 22.3 Å². The van der Waals surface area contributed by atoms with Gasteiger partial charge in [-0.25, -0.2) is 13.2 Å². The summed E-state index contributed by atoms with van der Waals surface area (Å²) in [5.41, 5.74) is 2.04. The Hall–Kier alpha value is -1.53. The third kappa shape index (κ3) is 2.65. The van der Waals surface area contributed by atoms with E-state index < -0.39 is 21.9 Å². The van der Waals surface area contributed by atoms with Crippen molar-refractivity contribution in [3.05, 3.63) is 56.7 Å². The van der Waals surface area contributed by atoms with Crippen molar-refractivity contribution in [2.24, 2.45) is 0 Å². The molecule has 0 N–H and O–H groups in total. The van der Waals surface area contributed by atoms with Gasteiger partial charge in [0.05, 0.1) is 11.3 Å². The normalized spacial score (nSPS) is 23.0. The van der Waals surface area contributed by atoms with Gasteiger partial charge in [-0.15, -0.1) is 0 Å². The molecular formula is C15H14O4S2. The van der Waals surface area contributed by atoms with E-state index in [0.29, 0.717) is 21.8 Å². The topological polar surface area (TPSA) is 60.4 Å². The lowest BCUT2D eigenvalue weighted by Crippen LogP contribution is -2.20. The zero-order valence-electron chi connectivity index (χ0n) is 11.4. The molecular weight excluding hydrogens is 308 g/mol. The molecule has 0 aromatic heterocycles. The highest BCUT2D eigenvalue weighted by atomic mass is 32.3. The first-order valence-electron chi connectivity index (χ1n) is 6.55. The molecule has 0 fully saturated rings. The Balaban J connectivity index is 1.86. The molecule has 0 spiro atoms. The second-order valence-electron chi connectivity index (χ2n) is 4.97. The number of hydrogen-bond acceptors (Lipinski definition) is 5. The number of sulfone groups is 1. The molecule has 2 aliphatic rings. The number of hydrogen-bond donors (Lipinski definition) is 0. The SMILES string of the molecule is Cc1ccccc1C(=O)OC1C=CSC2=C1CCS2(=O)=O. The predicted molar refractivity (Wildman–Crippen MR) is 82.5 cm³/mol. The number of carbonyl (C=O) groups excluding carboxylic acids is 1. The zero-order valence-corrected chi connectivity index (χ0v) is 13.0. The Morgan fingerprint density at radius 2 is 2.10 bits per heavy atom. The Morgan fingerprint density at radius 3 is 2.86 bits per heavy atom. The summed E-state index contributed by atoms with van der Waals surface area (Å²) in [5.74, 6) is -0.323. The van der Waals surface area contributed by atoms with Crippen molar-refractivity contribution >= 4 is 27.6 Å². The van der Waals surface area contributed by atoms with Crippen molar-refractivity contribution in [2.75, 3.05) is 5.75 Å². The fourth-order valence-electron chi connectivity index (χ4n) is 2.43. The number of aryl methyl sites for hydroxylation is 1. The first kappa shape index (κ1) is 14.4. The van der Waals surface area contributed by atoms with E-state index in [9.17, 15) is 13.2 Å². The molecule has 2 aliphatic heterocycles. The summed E-state index contributed by atoms with van der Waals surface area (Å²) in [6.07, 6.45) is 1.59. The second-order valence-corrected chi connectivity index (χ2v) is 8.19. The molecule has 110 valence electrons. The van der Waals surface area contributed by atoms with Gasteiger partial charge in [0.2, 0.25) is 0 Å². The van der Waals surface area contributed by atoms with Crippen LogP contribution < -0.4 is 0 Å². The van der Waals surface area contributed by atoms with Crippen LogP contribution in [-0.2, 0) is 14.6 Å². The Bertz CT molecular complexity index is 760. The molecule has 1 aromatic carbocycles. The molecule has 0 saturated carbocycles. The molecule has 4 nitrogen and oxygen atoms in total. The quantitative estimate of drug-likeness (QED) is 0.784. The highest BCUT2D eigenvalue weighted by molar-refractivity contribution is 8.20. The number of rotatable bonds is 2. The summed E-state index contributed by atoms with van der Waals surface area (Å²) in [5, 5.41) is 1.68. The zero-order chi connectivity index (χ0) is 15.0. The minimum atomic E-state index is -3.19. The summed E-state index contributed by atoms with van der Waals surface area (Å²) in [6, 6.07) is 7.18. The fourth-order valence-corrected chi connectivity index (χ4v) is 5.44. The van der Waals surface area contributed by atoms with Gasteiger partial charge in [-0.3, -0.25) is 0 Å². The Labute approximate surface area is 127 Å². The lowest BCUT2D eigenvalue weighted by molar-refractivity contribution is 0.0444. The van der Waals surface area contributed by atoms with E-state index in [4.69, 9.17) is 4.74 Å². The summed E-state index contributed by atoms with van der Waals surface area (Å²) in [6.45, 7) is 1.84. The lowest BCUT2D eigenvalue weighted by atomic mass is 10.1. The van der Waals surface area contributed by atoms with E-state index in [0.717, 1.165) is 5.56 Å². The van der Waals surface area contributed by atoms with Gasteiger partial charge < -0.3 is 4.74 Å². The molecule has 1 aromatic rings. The highest BCUT2D eigenvalue weighted by Crippen LogP contribution is 2.41. The van der Waals surface area contributed by atoms with Gasteiger partial charge in [0.25, 0.3) is 0 Å². The van der Waals surface area contributed by atoms with Crippen molar-refractivity contribution in [1.29, 1.82) is 0 Å². The first-order chi connectivity index (χ1) is 9.99. The minimum absolute atomic E-state index is 0.102. The van der Waals surface area contributed by atoms with Crippen LogP contribution in [0.2, 0.25) is 0 Å². The average Bonchev–Trinajstić information content (AvgIpc) is 2.76. The highest BCUT2D eigenvalue weighted by Gasteiger charge is 2.36. The standard InChI is InChI=1S/C15H14O4S2/c1-10-4-2-3-5-11(10)14(16)19-13-6-8-20-15-12(13)7-9-21(15,17)18/h2-6,8,13H,7,9H2,1H3. The smallest absolute Gasteiger partial charge is 0.339 e. The van der Waals surface area contributed by atoms with Gasteiger partial charge >= 0.3 is 5.97 Å². The Morgan fingerprint density at radius 1 is 1.33 bits per heavy atom. The van der Waals surface area contributed by atoms with Crippen LogP contribution in [0.3, 0.4) is 0 Å². The molecule has 3 rings (SSSR count). The number of carbonyl (C=O) groups is 1. The molecule has 0 radical (unpaired) electrons. The molecule has 0 saturated heterocycles. The molecule has 1 atom stereocenters. The van der Waals surface area contributed by atoms with E-state index in [1.165, 1.54) is 11.8 Å². The summed E-state index contributed by atoms with van der Waals surface area (Å²) in [7, 11) is -3.19. The largest absolute Gasteiger partial charge is 0.450 e. The van der Waals surface area contributed by atoms with Gasteiger partial charge in [0.15, 0.2) is 9.84 Å². The van der Waals surface area contributed by atoms with Gasteiger partial charge in [-0.1, -0.05) is 30.0 Å². The Kier molecular flexibility index (Phi) is 3.67. The van der Waals surface area contributed by atoms with Crippen LogP contribution in [0, 0.1) is 6.92 Å². The predicted octanol–water partition coefficient (Wildman–Crippen LogP) is 2.81. The molecule has 6 heteroatoms. The van der Waals surface area contributed by atoms with Crippen LogP contribution in [0.5, 0.6) is 0 Å². The molecule has 0 bridgehead atoms. The van der Waals surface area contributed by atoms with Crippen molar-refractivity contribution < 1.29 is 17.9 Å². The fraction of sp³-hybridized carbons (Fsp3) is 0.267. The van der Waals surface area contributed by atoms with Crippen LogP contribution >= 0.6 is 11.8 Å². The van der Waals surface area contributed by atoms with Crippen LogP contribution in [0.15, 0.2) is 45.6 Å². The minimum Gasteiger partial charge on any atom is -0.450 e. The summed E-state index contributed by atoms with van der Waals surface area (Å²) < 4.78 is 29.7. The van der Waals surface area contributed by atoms with Crippen LogP contribution in [-0.4, -0.2) is 26.2 Å². The van der Waals surface area contributed by atoms with E-state index in [1.54, 1.807) is 23.6 Å². The lowest BCUT2D eigenvalue weighted by Gasteiger charge is -2.19. The molecule has 0 amide bonds. The van der Waals surface area contributed by atoms with Crippen LogP contribution in [0.25, 0.3) is 0 Å². The molecule has 0 aliphatic carbocycles. The van der Waals surface area contributed by atoms with E-state index >= 15 is 0 Å². The third-order valence-corrected chi connectivity index (χ3v) is 6.94. The van der Waals surface area contributed by atoms with Gasteiger partial charge in [-0.2, -0.15) is 0 Å². The van der Waals surface area contributed by atoms with E-state index in [1.807, 2.05) is 19.1 Å². The van der Waals surface area contributed by atoms with Crippen molar-refractivity contribution in [2.45, 2.75) is 19.4 Å². The molecule has 2 heterocycles. The maximum atomic E-state index is 12.2. The number of esters is 1. The average molecular weight is 322 g/mol. The monoisotopic (exact) mass is 322 g/mol. The van der Waals surface area contributed by atoms with E-state index in [2.05, 4.69) is 0 Å². The van der Waals surface area contributed by atoms with Gasteiger partial charge in [0.1, 0.15) is 10.3 Å². The number of ether oxygens (including phenoxy) is 1. The maximum Gasteiger partial charge on any atom is 0.339 e. The van der Waals surface area contributed by atoms with Crippen molar-refractivity contribution in [3.63, 3.8) is 0 Å². The van der Waals surface area contributed by atoms with Crippen molar-refractivity contribution in [3.8, 4) is 0 Å². The van der Waals surface area contributed by atoms with Gasteiger partial charge in [-0.05, 0) is 36.5 Å². The van der Waals surface area contributed by atoms with Crippen molar-refractivity contribution in [1.82, 2.24) is 0 Å².